The number of benzene rings is 2. The summed E-state index contributed by atoms with van der Waals surface area (Å²) < 4.78 is 10.3. The first kappa shape index (κ1) is 23.0. The average molecular weight is 448 g/mol. The van der Waals surface area contributed by atoms with E-state index in [-0.39, 0.29) is 5.75 Å². The molecule has 11 heteroatoms. The van der Waals surface area contributed by atoms with Crippen molar-refractivity contribution in [3.05, 3.63) is 53.6 Å². The van der Waals surface area contributed by atoms with Crippen LogP contribution in [0.1, 0.15) is 15.9 Å². The molecule has 7 N–H and O–H groups in total. The van der Waals surface area contributed by atoms with E-state index in [0.717, 1.165) is 18.2 Å². The molecule has 0 amide bonds. The second-order valence-electron chi connectivity index (χ2n) is 6.98. The maximum Gasteiger partial charge on any atom is 0.335 e. The molecule has 1 aliphatic rings. The molecule has 2 aromatic carbocycles. The lowest BCUT2D eigenvalue weighted by molar-refractivity contribution is -0.271. The SMILES string of the molecule is O=C(C=Cc1ccc(O)cc1)c1c(O)cc(O)cc1OC1OC(C(=O)O)C(O)C(O)C1O. The van der Waals surface area contributed by atoms with Crippen LogP contribution in [0.5, 0.6) is 23.0 Å². The number of carboxylic acid groups (broad SMARTS) is 1. The van der Waals surface area contributed by atoms with Gasteiger partial charge in [-0.3, -0.25) is 4.79 Å². The van der Waals surface area contributed by atoms with Gasteiger partial charge in [-0.2, -0.15) is 0 Å². The van der Waals surface area contributed by atoms with Crippen LogP contribution in [0.3, 0.4) is 0 Å². The highest BCUT2D eigenvalue weighted by molar-refractivity contribution is 6.10. The Hall–Kier alpha value is -3.64. The van der Waals surface area contributed by atoms with Crippen LogP contribution in [0.4, 0.5) is 0 Å². The van der Waals surface area contributed by atoms with E-state index in [9.17, 15) is 40.2 Å². The van der Waals surface area contributed by atoms with Crippen molar-refractivity contribution in [2.45, 2.75) is 30.7 Å². The number of hydrogen-bond acceptors (Lipinski definition) is 10. The van der Waals surface area contributed by atoms with Crippen molar-refractivity contribution in [3.63, 3.8) is 0 Å². The van der Waals surface area contributed by atoms with E-state index in [4.69, 9.17) is 14.6 Å². The largest absolute Gasteiger partial charge is 0.508 e. The minimum Gasteiger partial charge on any atom is -0.508 e. The summed E-state index contributed by atoms with van der Waals surface area (Å²) in [6, 6.07) is 7.64. The van der Waals surface area contributed by atoms with Gasteiger partial charge in [0.15, 0.2) is 11.9 Å². The van der Waals surface area contributed by atoms with Gasteiger partial charge in [-0.15, -0.1) is 0 Å². The van der Waals surface area contributed by atoms with Crippen molar-refractivity contribution in [2.75, 3.05) is 0 Å². The first-order valence-electron chi connectivity index (χ1n) is 9.25. The van der Waals surface area contributed by atoms with Crippen molar-refractivity contribution >= 4 is 17.8 Å². The molecule has 3 rings (SSSR count). The third kappa shape index (κ3) is 4.81. The molecule has 0 spiro atoms. The van der Waals surface area contributed by atoms with Crippen LogP contribution in [0.15, 0.2) is 42.5 Å². The summed E-state index contributed by atoms with van der Waals surface area (Å²) in [6.07, 6.45) is -7.17. The molecule has 1 heterocycles. The van der Waals surface area contributed by atoms with E-state index >= 15 is 0 Å². The Labute approximate surface area is 180 Å². The molecule has 0 bridgehead atoms. The number of aliphatic hydroxyl groups excluding tert-OH is 3. The summed E-state index contributed by atoms with van der Waals surface area (Å²) in [6.45, 7) is 0. The first-order chi connectivity index (χ1) is 15.1. The predicted molar refractivity (Wildman–Crippen MR) is 106 cm³/mol. The van der Waals surface area contributed by atoms with Gasteiger partial charge in [-0.25, -0.2) is 4.79 Å². The van der Waals surface area contributed by atoms with E-state index in [1.807, 2.05) is 0 Å². The number of ether oxygens (including phenoxy) is 2. The standard InChI is InChI=1S/C21H20O11/c22-10-4-1-9(2-5-10)3-6-12(24)15-13(25)7-11(23)8-14(15)31-21-18(28)16(26)17(27)19(32-21)20(29)30/h1-8,16-19,21-23,25-28H,(H,29,30). The molecule has 0 aliphatic carbocycles. The number of rotatable bonds is 6. The number of carboxylic acids is 1. The van der Waals surface area contributed by atoms with E-state index < -0.39 is 65.3 Å². The number of aromatic hydroxyl groups is 3. The first-order valence-corrected chi connectivity index (χ1v) is 9.25. The highest BCUT2D eigenvalue weighted by Crippen LogP contribution is 2.36. The lowest BCUT2D eigenvalue weighted by Gasteiger charge is -2.38. The van der Waals surface area contributed by atoms with Gasteiger partial charge in [0.2, 0.25) is 6.29 Å². The van der Waals surface area contributed by atoms with Gasteiger partial charge in [0.1, 0.15) is 46.9 Å². The summed E-state index contributed by atoms with van der Waals surface area (Å²) in [5, 5.41) is 68.2. The minimum atomic E-state index is -1.95. The maximum absolute atomic E-state index is 12.7. The van der Waals surface area contributed by atoms with Crippen molar-refractivity contribution in [1.82, 2.24) is 0 Å². The summed E-state index contributed by atoms with van der Waals surface area (Å²) in [5.74, 6) is -4.06. The third-order valence-electron chi connectivity index (χ3n) is 4.69. The third-order valence-corrected chi connectivity index (χ3v) is 4.69. The van der Waals surface area contributed by atoms with E-state index in [1.54, 1.807) is 0 Å². The fraction of sp³-hybridized carbons (Fsp3) is 0.238. The molecule has 32 heavy (non-hydrogen) atoms. The van der Waals surface area contributed by atoms with E-state index in [1.165, 1.54) is 30.3 Å². The van der Waals surface area contributed by atoms with Crippen LogP contribution in [-0.4, -0.2) is 78.2 Å². The Kier molecular flexibility index (Phi) is 6.65. The smallest absolute Gasteiger partial charge is 0.335 e. The van der Waals surface area contributed by atoms with Crippen LogP contribution >= 0.6 is 0 Å². The summed E-state index contributed by atoms with van der Waals surface area (Å²) in [5.41, 5.74) is 0.102. The van der Waals surface area contributed by atoms with Crippen molar-refractivity contribution in [3.8, 4) is 23.0 Å². The van der Waals surface area contributed by atoms with E-state index in [2.05, 4.69) is 0 Å². The number of phenols is 3. The number of ketones is 1. The molecule has 5 atom stereocenters. The molecule has 0 radical (unpaired) electrons. The topological polar surface area (TPSA) is 194 Å². The van der Waals surface area contributed by atoms with Gasteiger partial charge in [0.05, 0.1) is 0 Å². The lowest BCUT2D eigenvalue weighted by atomic mass is 9.99. The predicted octanol–water partition coefficient (Wildman–Crippen LogP) is -0.0295. The minimum absolute atomic E-state index is 0.0263. The molecule has 0 saturated carbocycles. The molecular formula is C21H20O11. The van der Waals surface area contributed by atoms with Crippen molar-refractivity contribution < 1.29 is 54.8 Å². The molecule has 11 nitrogen and oxygen atoms in total. The highest BCUT2D eigenvalue weighted by Gasteiger charge is 2.48. The normalized spacial score (nSPS) is 25.5. The Morgan fingerprint density at radius 1 is 0.906 bits per heavy atom. The van der Waals surface area contributed by atoms with Gasteiger partial charge in [-0.1, -0.05) is 18.2 Å². The highest BCUT2D eigenvalue weighted by atomic mass is 16.7. The van der Waals surface area contributed by atoms with Crippen LogP contribution in [-0.2, 0) is 9.53 Å². The maximum atomic E-state index is 12.7. The zero-order chi connectivity index (χ0) is 23.6. The van der Waals surface area contributed by atoms with Crippen LogP contribution < -0.4 is 4.74 Å². The fourth-order valence-electron chi connectivity index (χ4n) is 3.04. The van der Waals surface area contributed by atoms with Gasteiger partial charge < -0.3 is 45.2 Å². The van der Waals surface area contributed by atoms with Crippen molar-refractivity contribution in [1.29, 1.82) is 0 Å². The molecule has 170 valence electrons. The second-order valence-corrected chi connectivity index (χ2v) is 6.98. The molecule has 0 aromatic heterocycles. The quantitative estimate of drug-likeness (QED) is 0.232. The number of aliphatic hydroxyl groups is 3. The Morgan fingerprint density at radius 2 is 1.56 bits per heavy atom. The Morgan fingerprint density at radius 3 is 2.19 bits per heavy atom. The van der Waals surface area contributed by atoms with Crippen LogP contribution in [0.25, 0.3) is 6.08 Å². The fourth-order valence-corrected chi connectivity index (χ4v) is 3.04. The summed E-state index contributed by atoms with van der Waals surface area (Å²) >= 11 is 0. The molecule has 1 fully saturated rings. The second kappa shape index (κ2) is 9.24. The number of aliphatic carboxylic acids is 1. The van der Waals surface area contributed by atoms with Crippen molar-refractivity contribution in [2.24, 2.45) is 0 Å². The summed E-state index contributed by atoms with van der Waals surface area (Å²) in [4.78, 5) is 24.0. The Balaban J connectivity index is 1.91. The average Bonchev–Trinajstić information content (AvgIpc) is 2.73. The molecule has 1 saturated heterocycles. The van der Waals surface area contributed by atoms with Gasteiger partial charge >= 0.3 is 5.97 Å². The number of carbonyl (C=O) groups is 2. The zero-order valence-corrected chi connectivity index (χ0v) is 16.3. The monoisotopic (exact) mass is 448 g/mol. The number of allylic oxidation sites excluding steroid dienone is 1. The van der Waals surface area contributed by atoms with Gasteiger partial charge in [-0.05, 0) is 23.8 Å². The number of phenolic OH excluding ortho intramolecular Hbond substituents is 3. The molecular weight excluding hydrogens is 428 g/mol. The van der Waals surface area contributed by atoms with Gasteiger partial charge in [0.25, 0.3) is 0 Å². The Bertz CT molecular complexity index is 1030. The lowest BCUT2D eigenvalue weighted by Crippen LogP contribution is -2.61. The summed E-state index contributed by atoms with van der Waals surface area (Å²) in [7, 11) is 0. The number of hydrogen-bond donors (Lipinski definition) is 7. The molecule has 1 aliphatic heterocycles. The van der Waals surface area contributed by atoms with E-state index in [0.29, 0.717) is 5.56 Å². The van der Waals surface area contributed by atoms with Crippen LogP contribution in [0, 0.1) is 0 Å². The zero-order valence-electron chi connectivity index (χ0n) is 16.3. The van der Waals surface area contributed by atoms with Crippen LogP contribution in [0.2, 0.25) is 0 Å². The number of carbonyl (C=O) groups excluding carboxylic acids is 1. The molecule has 2 aromatic rings. The van der Waals surface area contributed by atoms with Gasteiger partial charge in [0, 0.05) is 12.1 Å². The molecule has 5 unspecified atom stereocenters.